The highest BCUT2D eigenvalue weighted by atomic mass is 19.4. The van der Waals surface area contributed by atoms with Crippen molar-refractivity contribution >= 4 is 10.8 Å². The van der Waals surface area contributed by atoms with Gasteiger partial charge in [-0.25, -0.2) is 0 Å². The van der Waals surface area contributed by atoms with Crippen LogP contribution in [0.4, 0.5) is 13.2 Å². The molecule has 2 nitrogen and oxygen atoms in total. The normalized spacial score (nSPS) is 11.8. The van der Waals surface area contributed by atoms with Crippen LogP contribution in [0, 0.1) is 0 Å². The molecule has 3 aromatic rings. The molecule has 5 heteroatoms. The van der Waals surface area contributed by atoms with Crippen molar-refractivity contribution in [2.24, 2.45) is 7.05 Å². The molecule has 3 rings (SSSR count). The van der Waals surface area contributed by atoms with Gasteiger partial charge in [0.15, 0.2) is 0 Å². The van der Waals surface area contributed by atoms with E-state index < -0.39 is 11.7 Å². The van der Waals surface area contributed by atoms with Crippen LogP contribution in [0.1, 0.15) is 5.56 Å². The summed E-state index contributed by atoms with van der Waals surface area (Å²) in [6.45, 7) is 0. The summed E-state index contributed by atoms with van der Waals surface area (Å²) in [7, 11) is 1.61. The van der Waals surface area contributed by atoms with Gasteiger partial charge in [-0.15, -0.1) is 0 Å². The third kappa shape index (κ3) is 2.39. The van der Waals surface area contributed by atoms with Crippen molar-refractivity contribution in [3.8, 4) is 11.3 Å². The third-order valence-electron chi connectivity index (χ3n) is 3.66. The van der Waals surface area contributed by atoms with E-state index in [1.807, 2.05) is 12.1 Å². The van der Waals surface area contributed by atoms with Gasteiger partial charge in [0.25, 0.3) is 5.56 Å². The van der Waals surface area contributed by atoms with Crippen LogP contribution >= 0.6 is 0 Å². The first-order valence-electron chi connectivity index (χ1n) is 6.64. The number of hydrogen-bond donors (Lipinski definition) is 0. The monoisotopic (exact) mass is 303 g/mol. The molecule has 0 unspecified atom stereocenters. The van der Waals surface area contributed by atoms with Crippen molar-refractivity contribution in [3.63, 3.8) is 0 Å². The van der Waals surface area contributed by atoms with E-state index in [0.717, 1.165) is 17.5 Å². The molecule has 0 aliphatic heterocycles. The largest absolute Gasteiger partial charge is 0.416 e. The van der Waals surface area contributed by atoms with E-state index in [-0.39, 0.29) is 5.56 Å². The summed E-state index contributed by atoms with van der Waals surface area (Å²) < 4.78 is 39.3. The van der Waals surface area contributed by atoms with E-state index in [2.05, 4.69) is 0 Å². The Labute approximate surface area is 124 Å². The van der Waals surface area contributed by atoms with Gasteiger partial charge in [0.1, 0.15) is 0 Å². The van der Waals surface area contributed by atoms with Crippen molar-refractivity contribution in [3.05, 3.63) is 70.5 Å². The van der Waals surface area contributed by atoms with Crippen molar-refractivity contribution in [1.82, 2.24) is 4.57 Å². The van der Waals surface area contributed by atoms with Gasteiger partial charge in [-0.1, -0.05) is 30.3 Å². The lowest BCUT2D eigenvalue weighted by Gasteiger charge is -2.12. The quantitative estimate of drug-likeness (QED) is 0.659. The molecule has 0 bridgehead atoms. The number of pyridine rings is 1. The molecule has 112 valence electrons. The summed E-state index contributed by atoms with van der Waals surface area (Å²) >= 11 is 0. The molecule has 0 aliphatic carbocycles. The van der Waals surface area contributed by atoms with Gasteiger partial charge >= 0.3 is 6.18 Å². The number of nitrogens with zero attached hydrogens (tertiary/aromatic N) is 1. The van der Waals surface area contributed by atoms with Crippen LogP contribution in [0.3, 0.4) is 0 Å². The Bertz CT molecular complexity index is 892. The lowest BCUT2D eigenvalue weighted by molar-refractivity contribution is -0.137. The van der Waals surface area contributed by atoms with Crippen LogP contribution < -0.4 is 5.56 Å². The van der Waals surface area contributed by atoms with Gasteiger partial charge in [0.2, 0.25) is 0 Å². The fraction of sp³-hybridized carbons (Fsp3) is 0.118. The molecule has 0 spiro atoms. The summed E-state index contributed by atoms with van der Waals surface area (Å²) in [4.78, 5) is 12.3. The summed E-state index contributed by atoms with van der Waals surface area (Å²) in [5.41, 5.74) is 0.269. The average molecular weight is 303 g/mol. The molecule has 1 heterocycles. The van der Waals surface area contributed by atoms with Crippen LogP contribution in [-0.4, -0.2) is 4.57 Å². The molecule has 0 aliphatic rings. The van der Waals surface area contributed by atoms with Crippen LogP contribution in [-0.2, 0) is 13.2 Å². The van der Waals surface area contributed by atoms with E-state index in [1.54, 1.807) is 25.2 Å². The van der Waals surface area contributed by atoms with E-state index in [9.17, 15) is 18.0 Å². The molecular weight excluding hydrogens is 291 g/mol. The van der Waals surface area contributed by atoms with Crippen LogP contribution in [0.15, 0.2) is 59.4 Å². The van der Waals surface area contributed by atoms with E-state index in [1.165, 1.54) is 16.7 Å². The Hall–Kier alpha value is -2.56. The maximum Gasteiger partial charge on any atom is 0.416 e. The molecule has 2 aromatic carbocycles. The number of benzene rings is 2. The average Bonchev–Trinajstić information content (AvgIpc) is 2.50. The molecule has 0 fully saturated rings. The van der Waals surface area contributed by atoms with Gasteiger partial charge in [0.05, 0.1) is 11.3 Å². The summed E-state index contributed by atoms with van der Waals surface area (Å²) in [5.74, 6) is 0. The SMILES string of the molecule is Cn1c(-c2ccc(C(F)(F)F)cc2)cc2ccccc2c1=O. The number of aromatic nitrogens is 1. The zero-order valence-corrected chi connectivity index (χ0v) is 11.7. The van der Waals surface area contributed by atoms with Crippen LogP contribution in [0.5, 0.6) is 0 Å². The Kier molecular flexibility index (Phi) is 3.28. The predicted molar refractivity (Wildman–Crippen MR) is 79.6 cm³/mol. The smallest absolute Gasteiger partial charge is 0.311 e. The summed E-state index contributed by atoms with van der Waals surface area (Å²) in [6.07, 6.45) is -4.37. The minimum Gasteiger partial charge on any atom is -0.311 e. The molecular formula is C17H12F3NO. The number of alkyl halides is 3. The van der Waals surface area contributed by atoms with Gasteiger partial charge in [0, 0.05) is 12.4 Å². The van der Waals surface area contributed by atoms with Gasteiger partial charge in [-0.2, -0.15) is 13.2 Å². The fourth-order valence-corrected chi connectivity index (χ4v) is 2.46. The molecule has 0 atom stereocenters. The minimum atomic E-state index is -4.37. The number of hydrogen-bond acceptors (Lipinski definition) is 1. The first kappa shape index (κ1) is 14.4. The van der Waals surface area contributed by atoms with Crippen LogP contribution in [0.2, 0.25) is 0 Å². The zero-order chi connectivity index (χ0) is 15.9. The van der Waals surface area contributed by atoms with Crippen LogP contribution in [0.25, 0.3) is 22.0 Å². The number of fused-ring (bicyclic) bond motifs is 1. The Morgan fingerprint density at radius 3 is 2.23 bits per heavy atom. The molecule has 0 amide bonds. The van der Waals surface area contributed by atoms with Crippen molar-refractivity contribution < 1.29 is 13.2 Å². The third-order valence-corrected chi connectivity index (χ3v) is 3.66. The predicted octanol–water partition coefficient (Wildman–Crippen LogP) is 4.22. The van der Waals surface area contributed by atoms with E-state index in [0.29, 0.717) is 16.6 Å². The highest BCUT2D eigenvalue weighted by Crippen LogP contribution is 2.31. The van der Waals surface area contributed by atoms with Gasteiger partial charge in [-0.3, -0.25) is 4.79 Å². The lowest BCUT2D eigenvalue weighted by Crippen LogP contribution is -2.18. The van der Waals surface area contributed by atoms with Gasteiger partial charge in [-0.05, 0) is 35.2 Å². The van der Waals surface area contributed by atoms with E-state index >= 15 is 0 Å². The number of rotatable bonds is 1. The molecule has 0 saturated heterocycles. The number of halogens is 3. The minimum absolute atomic E-state index is 0.173. The Balaban J connectivity index is 2.18. The maximum absolute atomic E-state index is 12.6. The van der Waals surface area contributed by atoms with Crippen molar-refractivity contribution in [2.45, 2.75) is 6.18 Å². The maximum atomic E-state index is 12.6. The second-order valence-corrected chi connectivity index (χ2v) is 5.06. The lowest BCUT2D eigenvalue weighted by atomic mass is 10.0. The fourth-order valence-electron chi connectivity index (χ4n) is 2.46. The first-order chi connectivity index (χ1) is 10.4. The molecule has 22 heavy (non-hydrogen) atoms. The van der Waals surface area contributed by atoms with Crippen molar-refractivity contribution in [1.29, 1.82) is 0 Å². The molecule has 0 radical (unpaired) electrons. The summed E-state index contributed by atoms with van der Waals surface area (Å²) in [6, 6.07) is 13.8. The highest BCUT2D eigenvalue weighted by Gasteiger charge is 2.30. The zero-order valence-electron chi connectivity index (χ0n) is 11.7. The highest BCUT2D eigenvalue weighted by molar-refractivity contribution is 5.85. The Morgan fingerprint density at radius 1 is 0.955 bits per heavy atom. The second-order valence-electron chi connectivity index (χ2n) is 5.06. The summed E-state index contributed by atoms with van der Waals surface area (Å²) in [5, 5.41) is 1.35. The van der Waals surface area contributed by atoms with Gasteiger partial charge < -0.3 is 4.57 Å². The molecule has 0 saturated carbocycles. The topological polar surface area (TPSA) is 22.0 Å². The van der Waals surface area contributed by atoms with E-state index in [4.69, 9.17) is 0 Å². The Morgan fingerprint density at radius 2 is 1.59 bits per heavy atom. The molecule has 0 N–H and O–H groups in total. The standard InChI is InChI=1S/C17H12F3NO/c1-21-15(10-12-4-2-3-5-14(12)16(21)22)11-6-8-13(9-7-11)17(18,19)20/h2-10H,1H3. The first-order valence-corrected chi connectivity index (χ1v) is 6.64. The molecule has 1 aromatic heterocycles. The van der Waals surface area contributed by atoms with Crippen molar-refractivity contribution in [2.75, 3.05) is 0 Å². The second kappa shape index (κ2) is 5.02.